The Morgan fingerprint density at radius 2 is 1.26 bits per heavy atom. The second-order valence-corrected chi connectivity index (χ2v) is 8.24. The minimum Gasteiger partial charge on any atom is -0.467 e. The predicted molar refractivity (Wildman–Crippen MR) is 126 cm³/mol. The van der Waals surface area contributed by atoms with Crippen molar-refractivity contribution in [3.8, 4) is 0 Å². The zero-order valence-corrected chi connectivity index (χ0v) is 18.8. The Labute approximate surface area is 191 Å². The molecule has 0 aromatic heterocycles. The molecule has 0 bridgehead atoms. The molecule has 0 radical (unpaired) electrons. The highest BCUT2D eigenvalue weighted by atomic mass is 79.9. The number of benzene rings is 3. The summed E-state index contributed by atoms with van der Waals surface area (Å²) in [6.07, 6.45) is 0.215. The molecule has 1 atom stereocenters. The van der Waals surface area contributed by atoms with Crippen molar-refractivity contribution < 1.29 is 14.3 Å². The normalized spacial score (nSPS) is 11.9. The third-order valence-electron chi connectivity index (χ3n) is 5.18. The standard InChI is InChI=1S/C26H24BrNO3/c1-19(27)18-23(24(29)31-2)28-25(30)26(20-12-6-3-7-13-20,21-14-8-4-9-15-21)22-16-10-5-11-17-22/h3-17,23H,1,18H2,2H3,(H,28,30)/t23-/m0/s1. The van der Waals surface area contributed by atoms with E-state index in [1.807, 2.05) is 91.0 Å². The summed E-state index contributed by atoms with van der Waals surface area (Å²) < 4.78 is 5.52. The number of amides is 1. The summed E-state index contributed by atoms with van der Waals surface area (Å²) in [6.45, 7) is 3.81. The summed E-state index contributed by atoms with van der Waals surface area (Å²) in [7, 11) is 1.30. The topological polar surface area (TPSA) is 55.4 Å². The first-order valence-electron chi connectivity index (χ1n) is 9.88. The number of ether oxygens (including phenoxy) is 1. The van der Waals surface area contributed by atoms with E-state index in [4.69, 9.17) is 4.74 Å². The highest BCUT2D eigenvalue weighted by molar-refractivity contribution is 9.11. The van der Waals surface area contributed by atoms with Gasteiger partial charge in [-0.1, -0.05) is 114 Å². The van der Waals surface area contributed by atoms with Crippen molar-refractivity contribution in [1.29, 1.82) is 0 Å². The van der Waals surface area contributed by atoms with Crippen LogP contribution in [0.2, 0.25) is 0 Å². The third-order valence-corrected chi connectivity index (χ3v) is 5.50. The fourth-order valence-electron chi connectivity index (χ4n) is 3.78. The van der Waals surface area contributed by atoms with Gasteiger partial charge in [-0.2, -0.15) is 0 Å². The van der Waals surface area contributed by atoms with E-state index in [2.05, 4.69) is 27.8 Å². The predicted octanol–water partition coefficient (Wildman–Crippen LogP) is 4.98. The summed E-state index contributed by atoms with van der Waals surface area (Å²) in [6, 6.07) is 27.8. The molecule has 31 heavy (non-hydrogen) atoms. The number of hydrogen-bond donors (Lipinski definition) is 1. The van der Waals surface area contributed by atoms with Gasteiger partial charge in [-0.25, -0.2) is 4.79 Å². The van der Waals surface area contributed by atoms with Crippen LogP contribution in [0.3, 0.4) is 0 Å². The van der Waals surface area contributed by atoms with Crippen molar-refractivity contribution in [3.05, 3.63) is 119 Å². The van der Waals surface area contributed by atoms with E-state index in [0.29, 0.717) is 4.48 Å². The highest BCUT2D eigenvalue weighted by Gasteiger charge is 2.45. The van der Waals surface area contributed by atoms with Crippen molar-refractivity contribution >= 4 is 27.8 Å². The lowest BCUT2D eigenvalue weighted by molar-refractivity contribution is -0.145. The molecule has 0 aliphatic heterocycles. The van der Waals surface area contributed by atoms with Crippen molar-refractivity contribution in [2.75, 3.05) is 7.11 Å². The van der Waals surface area contributed by atoms with Crippen LogP contribution in [-0.4, -0.2) is 25.0 Å². The Kier molecular flexibility index (Phi) is 7.42. The largest absolute Gasteiger partial charge is 0.467 e. The van der Waals surface area contributed by atoms with Crippen LogP contribution in [0.4, 0.5) is 0 Å². The van der Waals surface area contributed by atoms with E-state index in [1.165, 1.54) is 7.11 Å². The Balaban J connectivity index is 2.23. The highest BCUT2D eigenvalue weighted by Crippen LogP contribution is 2.39. The van der Waals surface area contributed by atoms with Crippen LogP contribution in [0.25, 0.3) is 0 Å². The van der Waals surface area contributed by atoms with Crippen molar-refractivity contribution in [2.24, 2.45) is 0 Å². The van der Waals surface area contributed by atoms with Gasteiger partial charge < -0.3 is 10.1 Å². The molecule has 0 spiro atoms. The van der Waals surface area contributed by atoms with Crippen LogP contribution in [0, 0.1) is 0 Å². The second kappa shape index (κ2) is 10.2. The van der Waals surface area contributed by atoms with Gasteiger partial charge in [0.05, 0.1) is 7.11 Å². The first-order chi connectivity index (χ1) is 15.0. The zero-order chi connectivity index (χ0) is 22.3. The minimum atomic E-state index is -1.16. The van der Waals surface area contributed by atoms with Gasteiger partial charge in [0.1, 0.15) is 11.5 Å². The summed E-state index contributed by atoms with van der Waals surface area (Å²) >= 11 is 3.29. The molecule has 1 N–H and O–H groups in total. The second-order valence-electron chi connectivity index (χ2n) is 7.12. The van der Waals surface area contributed by atoms with Gasteiger partial charge in [0.2, 0.25) is 5.91 Å². The summed E-state index contributed by atoms with van der Waals surface area (Å²) in [5.41, 5.74) is 1.23. The molecule has 158 valence electrons. The number of hydrogen-bond acceptors (Lipinski definition) is 3. The summed E-state index contributed by atoms with van der Waals surface area (Å²) in [4.78, 5) is 26.5. The van der Waals surface area contributed by atoms with Crippen LogP contribution in [0.15, 0.2) is 102 Å². The summed E-state index contributed by atoms with van der Waals surface area (Å²) in [5.74, 6) is -0.850. The van der Waals surface area contributed by atoms with E-state index in [-0.39, 0.29) is 12.3 Å². The molecule has 0 saturated carbocycles. The third kappa shape index (κ3) is 4.78. The molecular weight excluding hydrogens is 454 g/mol. The minimum absolute atomic E-state index is 0.215. The van der Waals surface area contributed by atoms with Crippen LogP contribution >= 0.6 is 15.9 Å². The SMILES string of the molecule is C=C(Br)C[C@H](NC(=O)C(c1ccccc1)(c1ccccc1)c1ccccc1)C(=O)OC. The average Bonchev–Trinajstić information content (AvgIpc) is 2.80. The number of methoxy groups -OCH3 is 1. The van der Waals surface area contributed by atoms with Crippen LogP contribution in [0.5, 0.6) is 0 Å². The number of carbonyl (C=O) groups is 2. The molecule has 4 nitrogen and oxygen atoms in total. The summed E-state index contributed by atoms with van der Waals surface area (Å²) in [5, 5.41) is 2.93. The van der Waals surface area contributed by atoms with E-state index < -0.39 is 17.4 Å². The molecule has 3 rings (SSSR count). The first-order valence-corrected chi connectivity index (χ1v) is 10.7. The van der Waals surface area contributed by atoms with E-state index in [1.54, 1.807) is 0 Å². The van der Waals surface area contributed by atoms with Gasteiger partial charge in [0.15, 0.2) is 0 Å². The smallest absolute Gasteiger partial charge is 0.328 e. The van der Waals surface area contributed by atoms with E-state index >= 15 is 0 Å². The van der Waals surface area contributed by atoms with Crippen molar-refractivity contribution in [1.82, 2.24) is 5.32 Å². The zero-order valence-electron chi connectivity index (χ0n) is 17.3. The monoisotopic (exact) mass is 477 g/mol. The first kappa shape index (κ1) is 22.5. The number of nitrogens with one attached hydrogen (secondary N) is 1. The number of halogens is 1. The van der Waals surface area contributed by atoms with Gasteiger partial charge in [-0.05, 0) is 21.2 Å². The van der Waals surface area contributed by atoms with Gasteiger partial charge in [0.25, 0.3) is 0 Å². The van der Waals surface area contributed by atoms with Crippen LogP contribution in [-0.2, 0) is 19.7 Å². The molecule has 0 aliphatic rings. The van der Waals surface area contributed by atoms with Crippen LogP contribution < -0.4 is 5.32 Å². The lowest BCUT2D eigenvalue weighted by Crippen LogP contribution is -2.52. The molecule has 0 fully saturated rings. The number of esters is 1. The molecule has 0 heterocycles. The molecule has 5 heteroatoms. The molecule has 0 unspecified atom stereocenters. The van der Waals surface area contributed by atoms with E-state index in [0.717, 1.165) is 16.7 Å². The fourth-order valence-corrected chi connectivity index (χ4v) is 4.11. The average molecular weight is 478 g/mol. The Bertz CT molecular complexity index is 939. The van der Waals surface area contributed by atoms with Gasteiger partial charge in [0, 0.05) is 6.42 Å². The number of carbonyl (C=O) groups excluding carboxylic acids is 2. The quantitative estimate of drug-likeness (QED) is 0.367. The lowest BCUT2D eigenvalue weighted by Gasteiger charge is -2.35. The molecule has 1 amide bonds. The maximum Gasteiger partial charge on any atom is 0.328 e. The number of rotatable bonds is 8. The van der Waals surface area contributed by atoms with Gasteiger partial charge >= 0.3 is 5.97 Å². The molecular formula is C26H24BrNO3. The molecule has 3 aromatic rings. The Hall–Kier alpha value is -3.18. The molecule has 0 saturated heterocycles. The molecule has 0 aliphatic carbocycles. The fraction of sp³-hybridized carbons (Fsp3) is 0.154. The maximum absolute atomic E-state index is 14.1. The molecule has 3 aromatic carbocycles. The van der Waals surface area contributed by atoms with Gasteiger partial charge in [-0.3, -0.25) is 4.79 Å². The van der Waals surface area contributed by atoms with Crippen molar-refractivity contribution in [2.45, 2.75) is 17.9 Å². The Morgan fingerprint density at radius 3 is 1.58 bits per heavy atom. The van der Waals surface area contributed by atoms with Crippen molar-refractivity contribution in [3.63, 3.8) is 0 Å². The Morgan fingerprint density at radius 1 is 0.871 bits per heavy atom. The van der Waals surface area contributed by atoms with Gasteiger partial charge in [-0.15, -0.1) is 0 Å². The lowest BCUT2D eigenvalue weighted by atomic mass is 9.68. The van der Waals surface area contributed by atoms with Crippen LogP contribution in [0.1, 0.15) is 23.1 Å². The van der Waals surface area contributed by atoms with E-state index in [9.17, 15) is 9.59 Å². The maximum atomic E-state index is 14.1.